The Labute approximate surface area is 105 Å². The third kappa shape index (κ3) is 2.82. The highest BCUT2D eigenvalue weighted by Gasteiger charge is 2.38. The molecule has 0 spiro atoms. The van der Waals surface area contributed by atoms with Crippen LogP contribution in [-0.2, 0) is 4.79 Å². The predicted molar refractivity (Wildman–Crippen MR) is 69.6 cm³/mol. The Kier molecular flexibility index (Phi) is 4.08. The molecule has 3 nitrogen and oxygen atoms in total. The molecule has 0 atom stereocenters. The molecule has 2 fully saturated rings. The smallest absolute Gasteiger partial charge is 0.223 e. The molecule has 0 aromatic carbocycles. The van der Waals surface area contributed by atoms with Crippen molar-refractivity contribution in [2.75, 3.05) is 19.6 Å². The minimum atomic E-state index is 0.157. The molecule has 0 heterocycles. The molecule has 0 aliphatic heterocycles. The van der Waals surface area contributed by atoms with Crippen LogP contribution in [0.1, 0.15) is 51.9 Å². The number of nitrogens with two attached hydrogens (primary N) is 1. The second-order valence-electron chi connectivity index (χ2n) is 5.96. The predicted octanol–water partition coefficient (Wildman–Crippen LogP) is 2.15. The van der Waals surface area contributed by atoms with Gasteiger partial charge in [0, 0.05) is 19.5 Å². The van der Waals surface area contributed by atoms with Crippen molar-refractivity contribution in [3.8, 4) is 0 Å². The Bertz CT molecular complexity index is 264. The van der Waals surface area contributed by atoms with Crippen molar-refractivity contribution < 1.29 is 4.79 Å². The molecule has 2 rings (SSSR count). The van der Waals surface area contributed by atoms with E-state index in [4.69, 9.17) is 5.73 Å². The Morgan fingerprint density at radius 3 is 2.41 bits per heavy atom. The third-order valence-corrected chi connectivity index (χ3v) is 4.81. The Morgan fingerprint density at radius 1 is 1.35 bits per heavy atom. The van der Waals surface area contributed by atoms with Crippen molar-refractivity contribution in [1.29, 1.82) is 0 Å². The number of nitrogens with zero attached hydrogens (tertiary/aromatic N) is 1. The van der Waals surface area contributed by atoms with Crippen LogP contribution in [0.5, 0.6) is 0 Å². The average molecular weight is 238 g/mol. The maximum Gasteiger partial charge on any atom is 0.223 e. The molecule has 2 aliphatic carbocycles. The first-order valence-electron chi connectivity index (χ1n) is 7.17. The summed E-state index contributed by atoms with van der Waals surface area (Å²) in [6.45, 7) is 4.61. The van der Waals surface area contributed by atoms with E-state index in [0.29, 0.717) is 18.9 Å². The highest BCUT2D eigenvalue weighted by molar-refractivity contribution is 5.77. The Morgan fingerprint density at radius 2 is 2.06 bits per heavy atom. The van der Waals surface area contributed by atoms with E-state index < -0.39 is 0 Å². The lowest BCUT2D eigenvalue weighted by molar-refractivity contribution is -0.136. The second-order valence-corrected chi connectivity index (χ2v) is 5.96. The monoisotopic (exact) mass is 238 g/mol. The Balaban J connectivity index is 1.83. The number of amides is 1. The number of carbonyl (C=O) groups excluding carboxylic acids is 1. The molecule has 0 radical (unpaired) electrons. The molecule has 0 bridgehead atoms. The van der Waals surface area contributed by atoms with Crippen molar-refractivity contribution in [2.45, 2.75) is 51.9 Å². The zero-order chi connectivity index (χ0) is 12.3. The Hall–Kier alpha value is -0.570. The van der Waals surface area contributed by atoms with Crippen molar-refractivity contribution >= 4 is 5.91 Å². The molecule has 0 aromatic rings. The van der Waals surface area contributed by atoms with E-state index in [2.05, 4.69) is 11.8 Å². The molecule has 98 valence electrons. The zero-order valence-corrected chi connectivity index (χ0v) is 11.1. The fourth-order valence-electron chi connectivity index (χ4n) is 2.96. The SMILES string of the molecule is CCN(CC1CCC1)C(=O)CC1(CN)CCC1. The van der Waals surface area contributed by atoms with Gasteiger partial charge in [-0.2, -0.15) is 0 Å². The van der Waals surface area contributed by atoms with Crippen LogP contribution in [0.4, 0.5) is 0 Å². The maximum atomic E-state index is 12.3. The first-order valence-corrected chi connectivity index (χ1v) is 7.17. The van der Waals surface area contributed by atoms with Gasteiger partial charge in [0.2, 0.25) is 5.91 Å². The van der Waals surface area contributed by atoms with E-state index in [1.165, 1.54) is 25.7 Å². The summed E-state index contributed by atoms with van der Waals surface area (Å²) in [6.07, 6.45) is 8.20. The number of rotatable bonds is 6. The van der Waals surface area contributed by atoms with Crippen molar-refractivity contribution in [1.82, 2.24) is 4.90 Å². The van der Waals surface area contributed by atoms with Gasteiger partial charge in [0.25, 0.3) is 0 Å². The summed E-state index contributed by atoms with van der Waals surface area (Å²) in [5.41, 5.74) is 5.98. The molecular weight excluding hydrogens is 212 g/mol. The number of carbonyl (C=O) groups is 1. The van der Waals surface area contributed by atoms with Crippen LogP contribution in [0.2, 0.25) is 0 Å². The third-order valence-electron chi connectivity index (χ3n) is 4.81. The van der Waals surface area contributed by atoms with Gasteiger partial charge in [-0.15, -0.1) is 0 Å². The van der Waals surface area contributed by atoms with Gasteiger partial charge >= 0.3 is 0 Å². The van der Waals surface area contributed by atoms with E-state index in [1.54, 1.807) is 0 Å². The normalized spacial score (nSPS) is 22.7. The van der Waals surface area contributed by atoms with Gasteiger partial charge in [-0.05, 0) is 50.5 Å². The van der Waals surface area contributed by atoms with Crippen LogP contribution in [-0.4, -0.2) is 30.4 Å². The van der Waals surface area contributed by atoms with Crippen LogP contribution in [0.25, 0.3) is 0 Å². The van der Waals surface area contributed by atoms with Gasteiger partial charge in [-0.3, -0.25) is 4.79 Å². The standard InChI is InChI=1S/C14H26N2O/c1-2-16(10-12-5-3-6-12)13(17)9-14(11-15)7-4-8-14/h12H,2-11,15H2,1H3. The topological polar surface area (TPSA) is 46.3 Å². The van der Waals surface area contributed by atoms with Crippen LogP contribution in [0.15, 0.2) is 0 Å². The fraction of sp³-hybridized carbons (Fsp3) is 0.929. The van der Waals surface area contributed by atoms with Gasteiger partial charge in [0.15, 0.2) is 0 Å². The highest BCUT2D eigenvalue weighted by atomic mass is 16.2. The van der Waals surface area contributed by atoms with E-state index in [1.807, 2.05) is 0 Å². The summed E-state index contributed by atoms with van der Waals surface area (Å²) >= 11 is 0. The first kappa shape index (κ1) is 12.9. The minimum absolute atomic E-state index is 0.157. The van der Waals surface area contributed by atoms with E-state index >= 15 is 0 Å². The van der Waals surface area contributed by atoms with Gasteiger partial charge in [-0.25, -0.2) is 0 Å². The summed E-state index contributed by atoms with van der Waals surface area (Å²) in [6, 6.07) is 0. The summed E-state index contributed by atoms with van der Waals surface area (Å²) in [4.78, 5) is 14.3. The van der Waals surface area contributed by atoms with Crippen molar-refractivity contribution in [2.24, 2.45) is 17.1 Å². The zero-order valence-electron chi connectivity index (χ0n) is 11.1. The fourth-order valence-corrected chi connectivity index (χ4v) is 2.96. The quantitative estimate of drug-likeness (QED) is 0.770. The first-order chi connectivity index (χ1) is 8.19. The lowest BCUT2D eigenvalue weighted by Crippen LogP contribution is -2.44. The second kappa shape index (κ2) is 5.38. The number of hydrogen-bond acceptors (Lipinski definition) is 2. The molecule has 3 heteroatoms. The van der Waals surface area contributed by atoms with E-state index in [0.717, 1.165) is 31.8 Å². The van der Waals surface area contributed by atoms with Gasteiger partial charge in [0.1, 0.15) is 0 Å². The molecule has 2 aliphatic rings. The summed E-state index contributed by atoms with van der Waals surface area (Å²) in [7, 11) is 0. The van der Waals surface area contributed by atoms with E-state index in [9.17, 15) is 4.79 Å². The maximum absolute atomic E-state index is 12.3. The lowest BCUT2D eigenvalue weighted by Gasteiger charge is -2.42. The summed E-state index contributed by atoms with van der Waals surface area (Å²) < 4.78 is 0. The van der Waals surface area contributed by atoms with Crippen LogP contribution in [0, 0.1) is 11.3 Å². The molecule has 2 saturated carbocycles. The van der Waals surface area contributed by atoms with Crippen molar-refractivity contribution in [3.05, 3.63) is 0 Å². The van der Waals surface area contributed by atoms with Crippen LogP contribution >= 0.6 is 0 Å². The van der Waals surface area contributed by atoms with E-state index in [-0.39, 0.29) is 5.41 Å². The number of hydrogen-bond donors (Lipinski definition) is 1. The van der Waals surface area contributed by atoms with Crippen LogP contribution in [0.3, 0.4) is 0 Å². The van der Waals surface area contributed by atoms with Gasteiger partial charge in [-0.1, -0.05) is 12.8 Å². The molecule has 17 heavy (non-hydrogen) atoms. The van der Waals surface area contributed by atoms with Crippen LogP contribution < -0.4 is 5.73 Å². The molecule has 1 amide bonds. The summed E-state index contributed by atoms with van der Waals surface area (Å²) in [5, 5.41) is 0. The van der Waals surface area contributed by atoms with Crippen molar-refractivity contribution in [3.63, 3.8) is 0 Å². The highest BCUT2D eigenvalue weighted by Crippen LogP contribution is 2.43. The molecule has 0 saturated heterocycles. The molecule has 0 unspecified atom stereocenters. The largest absolute Gasteiger partial charge is 0.343 e. The summed E-state index contributed by atoms with van der Waals surface area (Å²) in [5.74, 6) is 1.11. The van der Waals surface area contributed by atoms with Gasteiger partial charge < -0.3 is 10.6 Å². The molecule has 0 aromatic heterocycles. The lowest BCUT2D eigenvalue weighted by atomic mass is 9.66. The minimum Gasteiger partial charge on any atom is -0.343 e. The molecular formula is C14H26N2O. The van der Waals surface area contributed by atoms with Gasteiger partial charge in [0.05, 0.1) is 0 Å². The molecule has 2 N–H and O–H groups in total. The average Bonchev–Trinajstić information content (AvgIpc) is 2.22.